The number of aromatic nitrogens is 1. The number of benzene rings is 4. The van der Waals surface area contributed by atoms with Gasteiger partial charge in [0.05, 0.1) is 0 Å². The molecular formula is C51H75N. The Morgan fingerprint density at radius 3 is 0.904 bits per heavy atom. The van der Waals surface area contributed by atoms with Crippen LogP contribution in [0.25, 0.3) is 0 Å². The zero-order chi connectivity index (χ0) is 37.9. The lowest BCUT2D eigenvalue weighted by atomic mass is 10.0. The second-order valence-corrected chi connectivity index (χ2v) is 15.8. The van der Waals surface area contributed by atoms with E-state index in [1.54, 1.807) is 0 Å². The van der Waals surface area contributed by atoms with Crippen molar-refractivity contribution in [2.75, 3.05) is 0 Å². The molecule has 4 aromatic carbocycles. The molecule has 0 aliphatic heterocycles. The Labute approximate surface area is 322 Å². The Bertz CT molecular complexity index is 1270. The van der Waals surface area contributed by atoms with Crippen LogP contribution in [0.4, 0.5) is 0 Å². The van der Waals surface area contributed by atoms with Crippen molar-refractivity contribution in [1.29, 1.82) is 0 Å². The van der Waals surface area contributed by atoms with E-state index in [4.69, 9.17) is 0 Å². The van der Waals surface area contributed by atoms with Crippen LogP contribution in [-0.4, -0.2) is 4.98 Å². The third kappa shape index (κ3) is 27.7. The maximum absolute atomic E-state index is 4.22. The van der Waals surface area contributed by atoms with E-state index >= 15 is 0 Å². The molecule has 52 heavy (non-hydrogen) atoms. The van der Waals surface area contributed by atoms with E-state index in [0.29, 0.717) is 5.92 Å². The summed E-state index contributed by atoms with van der Waals surface area (Å²) in [5, 5.41) is 0. The Kier molecular flexibility index (Phi) is 27.3. The number of hydrogen-bond acceptors (Lipinski definition) is 1. The molecule has 0 saturated heterocycles. The molecule has 5 rings (SSSR count). The first-order valence-corrected chi connectivity index (χ1v) is 19.4. The molecule has 0 fully saturated rings. The van der Waals surface area contributed by atoms with Crippen molar-refractivity contribution in [3.05, 3.63) is 173 Å². The average Bonchev–Trinajstić information content (AvgIpc) is 3.08. The van der Waals surface area contributed by atoms with Crippen molar-refractivity contribution in [1.82, 2.24) is 4.98 Å². The fourth-order valence-corrected chi connectivity index (χ4v) is 5.39. The molecule has 0 aliphatic carbocycles. The molecule has 1 heteroatoms. The molecule has 5 aromatic rings. The van der Waals surface area contributed by atoms with E-state index in [1.807, 2.05) is 18.3 Å². The van der Waals surface area contributed by atoms with Gasteiger partial charge in [0.25, 0.3) is 0 Å². The van der Waals surface area contributed by atoms with E-state index in [1.165, 1.54) is 59.2 Å². The van der Waals surface area contributed by atoms with Crippen LogP contribution >= 0.6 is 0 Å². The normalized spacial score (nSPS) is 10.2. The summed E-state index contributed by atoms with van der Waals surface area (Å²) in [6.07, 6.45) is 7.71. The van der Waals surface area contributed by atoms with Gasteiger partial charge in [0.2, 0.25) is 0 Å². The molecule has 284 valence electrons. The monoisotopic (exact) mass is 702 g/mol. The van der Waals surface area contributed by atoms with Crippen molar-refractivity contribution >= 4 is 0 Å². The molecule has 0 radical (unpaired) electrons. The average molecular weight is 702 g/mol. The maximum Gasteiger partial charge on any atom is 0.0406 e. The quantitative estimate of drug-likeness (QED) is 0.141. The molecule has 0 saturated carbocycles. The van der Waals surface area contributed by atoms with Crippen LogP contribution < -0.4 is 0 Å². The van der Waals surface area contributed by atoms with Crippen LogP contribution in [0, 0.1) is 36.5 Å². The van der Waals surface area contributed by atoms with E-state index in [2.05, 4.69) is 202 Å². The van der Waals surface area contributed by atoms with Crippen LogP contribution in [0.1, 0.15) is 110 Å². The van der Waals surface area contributed by atoms with Gasteiger partial charge in [-0.1, -0.05) is 204 Å². The molecule has 0 aliphatic rings. The SMILES string of the molecule is C.CC(C)Cc1ccccc1.CC(C)Cc1ccccc1.CC(C)Cc1ccccc1.CC(C)Cc1ccccn1.Cc1ccc(CC(C)C)cc1. The molecule has 1 aromatic heterocycles. The summed E-state index contributed by atoms with van der Waals surface area (Å²) in [4.78, 5) is 4.22. The summed E-state index contributed by atoms with van der Waals surface area (Å²) in [6, 6.07) is 46.7. The highest BCUT2D eigenvalue weighted by Gasteiger charge is 1.98. The summed E-state index contributed by atoms with van der Waals surface area (Å²) in [5.74, 6) is 3.76. The number of pyridine rings is 1. The first kappa shape index (κ1) is 48.0. The minimum atomic E-state index is 0. The fraction of sp³-hybridized carbons (Fsp3) is 0.431. The van der Waals surface area contributed by atoms with Crippen LogP contribution in [0.15, 0.2) is 140 Å². The lowest BCUT2D eigenvalue weighted by molar-refractivity contribution is 0.635. The minimum absolute atomic E-state index is 0. The Morgan fingerprint density at radius 2 is 0.635 bits per heavy atom. The fourth-order valence-electron chi connectivity index (χ4n) is 5.39. The summed E-state index contributed by atoms with van der Waals surface area (Å²) in [5.41, 5.74) is 8.31. The summed E-state index contributed by atoms with van der Waals surface area (Å²) in [7, 11) is 0. The van der Waals surface area contributed by atoms with Gasteiger partial charge in [-0.05, 0) is 103 Å². The third-order valence-electron chi connectivity index (χ3n) is 7.57. The molecular weight excluding hydrogens is 627 g/mol. The second kappa shape index (κ2) is 29.6. The second-order valence-electron chi connectivity index (χ2n) is 15.8. The first-order chi connectivity index (χ1) is 24.3. The maximum atomic E-state index is 4.22. The molecule has 0 unspecified atom stereocenters. The molecule has 1 heterocycles. The van der Waals surface area contributed by atoms with Crippen LogP contribution in [0.3, 0.4) is 0 Å². The highest BCUT2D eigenvalue weighted by molar-refractivity contribution is 5.21. The third-order valence-corrected chi connectivity index (χ3v) is 7.57. The summed E-state index contributed by atoms with van der Waals surface area (Å²) in [6.45, 7) is 24.5. The Morgan fingerprint density at radius 1 is 0.346 bits per heavy atom. The topological polar surface area (TPSA) is 12.9 Å². The minimum Gasteiger partial charge on any atom is -0.261 e. The van der Waals surface area contributed by atoms with Crippen molar-refractivity contribution in [3.8, 4) is 0 Å². The standard InChI is InChI=1S/C11H16.3C10H14.C9H13N.CH4/c1-9(2)8-11-6-4-10(3)5-7-11;3*1-9(2)8-10-6-4-3-5-7-10;1-8(2)7-9-5-3-4-6-10-9;/h4-7,9H,8H2,1-3H3;3*3-7,9H,8H2,1-2H3;3-6,8H,7H2,1-2H3;1H4. The summed E-state index contributed by atoms with van der Waals surface area (Å²) >= 11 is 0. The van der Waals surface area contributed by atoms with Crippen molar-refractivity contribution in [3.63, 3.8) is 0 Å². The van der Waals surface area contributed by atoms with Crippen molar-refractivity contribution in [2.45, 2.75) is 116 Å². The molecule has 1 nitrogen and oxygen atoms in total. The van der Waals surface area contributed by atoms with Gasteiger partial charge in [0.15, 0.2) is 0 Å². The lowest BCUT2D eigenvalue weighted by Gasteiger charge is -2.04. The van der Waals surface area contributed by atoms with Crippen molar-refractivity contribution < 1.29 is 0 Å². The zero-order valence-corrected chi connectivity index (χ0v) is 34.1. The number of hydrogen-bond donors (Lipinski definition) is 0. The Hall–Kier alpha value is -3.97. The molecule has 0 atom stereocenters. The highest BCUT2D eigenvalue weighted by atomic mass is 14.7. The van der Waals surface area contributed by atoms with E-state index in [9.17, 15) is 0 Å². The van der Waals surface area contributed by atoms with Gasteiger partial charge >= 0.3 is 0 Å². The van der Waals surface area contributed by atoms with Gasteiger partial charge in [-0.25, -0.2) is 0 Å². The van der Waals surface area contributed by atoms with Crippen molar-refractivity contribution in [2.24, 2.45) is 29.6 Å². The largest absolute Gasteiger partial charge is 0.261 e. The van der Waals surface area contributed by atoms with E-state index in [0.717, 1.165) is 30.1 Å². The van der Waals surface area contributed by atoms with Crippen LogP contribution in [-0.2, 0) is 32.1 Å². The van der Waals surface area contributed by atoms with Gasteiger partial charge in [0, 0.05) is 11.9 Å². The smallest absolute Gasteiger partial charge is 0.0406 e. The lowest BCUT2D eigenvalue weighted by Crippen LogP contribution is -1.95. The molecule has 0 spiro atoms. The highest BCUT2D eigenvalue weighted by Crippen LogP contribution is 2.10. The summed E-state index contributed by atoms with van der Waals surface area (Å²) < 4.78 is 0. The predicted molar refractivity (Wildman–Crippen MR) is 234 cm³/mol. The molecule has 0 amide bonds. The molecule has 0 N–H and O–H groups in total. The van der Waals surface area contributed by atoms with E-state index in [-0.39, 0.29) is 7.43 Å². The van der Waals surface area contributed by atoms with Gasteiger partial charge < -0.3 is 0 Å². The number of aryl methyl sites for hydroxylation is 1. The first-order valence-electron chi connectivity index (χ1n) is 19.4. The number of rotatable bonds is 10. The zero-order valence-electron chi connectivity index (χ0n) is 34.1. The number of nitrogens with zero attached hydrogens (tertiary/aromatic N) is 1. The Balaban J connectivity index is 0.000000623. The van der Waals surface area contributed by atoms with Crippen LogP contribution in [0.2, 0.25) is 0 Å². The van der Waals surface area contributed by atoms with Gasteiger partial charge in [-0.15, -0.1) is 0 Å². The predicted octanol–water partition coefficient (Wildman–Crippen LogP) is 14.8. The van der Waals surface area contributed by atoms with Gasteiger partial charge in [0.1, 0.15) is 0 Å². The van der Waals surface area contributed by atoms with Crippen LogP contribution in [0.5, 0.6) is 0 Å². The van der Waals surface area contributed by atoms with E-state index < -0.39 is 0 Å². The van der Waals surface area contributed by atoms with Gasteiger partial charge in [-0.2, -0.15) is 0 Å². The van der Waals surface area contributed by atoms with Gasteiger partial charge in [-0.3, -0.25) is 4.98 Å². The molecule has 0 bridgehead atoms.